The van der Waals surface area contributed by atoms with E-state index in [0.29, 0.717) is 5.69 Å². The minimum Gasteiger partial charge on any atom is -0.399 e. The Morgan fingerprint density at radius 3 is 2.62 bits per heavy atom. The molecule has 0 aliphatic rings. The minimum absolute atomic E-state index is 0.279. The Hall–Kier alpha value is -1.71. The molecule has 1 aromatic carbocycles. The van der Waals surface area contributed by atoms with Gasteiger partial charge in [-0.1, -0.05) is 6.07 Å². The molecule has 4 heteroatoms. The predicted molar refractivity (Wildman–Crippen MR) is 67.1 cm³/mol. The van der Waals surface area contributed by atoms with Gasteiger partial charge in [-0.3, -0.25) is 4.79 Å². The van der Waals surface area contributed by atoms with Crippen molar-refractivity contribution in [1.29, 1.82) is 0 Å². The molecule has 0 aliphatic carbocycles. The highest BCUT2D eigenvalue weighted by molar-refractivity contribution is 5.76. The van der Waals surface area contributed by atoms with Crippen LogP contribution >= 0.6 is 0 Å². The molecule has 1 rings (SSSR count). The zero-order valence-electron chi connectivity index (χ0n) is 10.0. The number of primary amides is 1. The Balaban J connectivity index is 2.86. The molecule has 0 saturated heterocycles. The number of rotatable bonds is 4. The number of hydrogen-bond acceptors (Lipinski definition) is 3. The van der Waals surface area contributed by atoms with Gasteiger partial charge >= 0.3 is 0 Å². The number of anilines is 2. The number of carbonyl (C=O) groups is 1. The molecule has 0 spiro atoms. The van der Waals surface area contributed by atoms with Crippen LogP contribution in [0.15, 0.2) is 18.2 Å². The van der Waals surface area contributed by atoms with Crippen molar-refractivity contribution in [3.63, 3.8) is 0 Å². The molecule has 16 heavy (non-hydrogen) atoms. The molecule has 5 N–H and O–H groups in total. The van der Waals surface area contributed by atoms with E-state index in [1.54, 1.807) is 0 Å². The molecule has 0 aromatic heterocycles. The summed E-state index contributed by atoms with van der Waals surface area (Å²) in [5, 5.41) is 3.28. The molecule has 4 nitrogen and oxygen atoms in total. The van der Waals surface area contributed by atoms with Crippen LogP contribution in [0.1, 0.15) is 25.8 Å². The van der Waals surface area contributed by atoms with Gasteiger partial charge in [0.05, 0.1) is 0 Å². The van der Waals surface area contributed by atoms with Gasteiger partial charge in [0.2, 0.25) is 5.91 Å². The van der Waals surface area contributed by atoms with Gasteiger partial charge in [0, 0.05) is 23.3 Å². The molecule has 0 bridgehead atoms. The normalized spacial score (nSPS) is 11.2. The topological polar surface area (TPSA) is 81.1 Å². The first-order chi connectivity index (χ1) is 7.30. The number of carbonyl (C=O) groups excluding carboxylic acids is 1. The second-order valence-electron chi connectivity index (χ2n) is 4.73. The SMILES string of the molecule is Cc1ccc(N)cc1NC(C)(C)CC(N)=O. The number of hydrogen-bond donors (Lipinski definition) is 3. The Kier molecular flexibility index (Phi) is 3.42. The van der Waals surface area contributed by atoms with E-state index < -0.39 is 0 Å². The van der Waals surface area contributed by atoms with Crippen LogP contribution in [-0.2, 0) is 4.79 Å². The van der Waals surface area contributed by atoms with E-state index in [0.717, 1.165) is 11.3 Å². The van der Waals surface area contributed by atoms with E-state index in [1.807, 2.05) is 39.0 Å². The van der Waals surface area contributed by atoms with Gasteiger partial charge in [-0.05, 0) is 38.5 Å². The number of nitrogen functional groups attached to an aromatic ring is 1. The zero-order chi connectivity index (χ0) is 12.3. The number of nitrogens with two attached hydrogens (primary N) is 2. The van der Waals surface area contributed by atoms with Crippen LogP contribution in [-0.4, -0.2) is 11.4 Å². The summed E-state index contributed by atoms with van der Waals surface area (Å²) in [7, 11) is 0. The molecule has 0 radical (unpaired) electrons. The first kappa shape index (κ1) is 12.4. The van der Waals surface area contributed by atoms with Crippen LogP contribution in [0.3, 0.4) is 0 Å². The van der Waals surface area contributed by atoms with Gasteiger partial charge in [0.25, 0.3) is 0 Å². The van der Waals surface area contributed by atoms with E-state index in [4.69, 9.17) is 11.5 Å². The largest absolute Gasteiger partial charge is 0.399 e. The Morgan fingerprint density at radius 2 is 2.06 bits per heavy atom. The maximum absolute atomic E-state index is 10.9. The number of aryl methyl sites for hydroxylation is 1. The van der Waals surface area contributed by atoms with Crippen molar-refractivity contribution < 1.29 is 4.79 Å². The third-order valence-corrected chi connectivity index (χ3v) is 2.35. The van der Waals surface area contributed by atoms with Crippen molar-refractivity contribution >= 4 is 17.3 Å². The Morgan fingerprint density at radius 1 is 1.44 bits per heavy atom. The standard InChI is InChI=1S/C12H19N3O/c1-8-4-5-9(13)6-10(8)15-12(2,3)7-11(14)16/h4-6,15H,7,13H2,1-3H3,(H2,14,16). The summed E-state index contributed by atoms with van der Waals surface area (Å²) in [6.45, 7) is 5.85. The number of nitrogens with one attached hydrogen (secondary N) is 1. The van der Waals surface area contributed by atoms with Gasteiger partial charge in [0.15, 0.2) is 0 Å². The molecule has 0 heterocycles. The Labute approximate surface area is 96.0 Å². The number of benzene rings is 1. The van der Waals surface area contributed by atoms with Crippen molar-refractivity contribution in [1.82, 2.24) is 0 Å². The fourth-order valence-corrected chi connectivity index (χ4v) is 1.62. The second-order valence-corrected chi connectivity index (χ2v) is 4.73. The lowest BCUT2D eigenvalue weighted by Crippen LogP contribution is -2.36. The Bertz CT molecular complexity index is 399. The van der Waals surface area contributed by atoms with Crippen LogP contribution in [0, 0.1) is 6.92 Å². The smallest absolute Gasteiger partial charge is 0.219 e. The fourth-order valence-electron chi connectivity index (χ4n) is 1.62. The van der Waals surface area contributed by atoms with Gasteiger partial charge in [-0.2, -0.15) is 0 Å². The van der Waals surface area contributed by atoms with Gasteiger partial charge in [0.1, 0.15) is 0 Å². The lowest BCUT2D eigenvalue weighted by molar-refractivity contribution is -0.118. The molecular weight excluding hydrogens is 202 g/mol. The van der Waals surface area contributed by atoms with Gasteiger partial charge in [-0.15, -0.1) is 0 Å². The van der Waals surface area contributed by atoms with E-state index in [1.165, 1.54) is 0 Å². The molecule has 88 valence electrons. The molecule has 0 atom stereocenters. The van der Waals surface area contributed by atoms with Crippen molar-refractivity contribution in [3.05, 3.63) is 23.8 Å². The summed E-state index contributed by atoms with van der Waals surface area (Å²) in [5.41, 5.74) is 13.3. The average molecular weight is 221 g/mol. The molecule has 1 amide bonds. The van der Waals surface area contributed by atoms with Crippen LogP contribution in [0.25, 0.3) is 0 Å². The van der Waals surface area contributed by atoms with Crippen LogP contribution in [0.5, 0.6) is 0 Å². The molecule has 1 aromatic rings. The highest BCUT2D eigenvalue weighted by atomic mass is 16.1. The molecule has 0 saturated carbocycles. The monoisotopic (exact) mass is 221 g/mol. The van der Waals surface area contributed by atoms with Crippen LogP contribution < -0.4 is 16.8 Å². The minimum atomic E-state index is -0.371. The van der Waals surface area contributed by atoms with E-state index in [-0.39, 0.29) is 17.9 Å². The molecular formula is C12H19N3O. The third-order valence-electron chi connectivity index (χ3n) is 2.35. The quantitative estimate of drug-likeness (QED) is 0.676. The van der Waals surface area contributed by atoms with Gasteiger partial charge in [-0.25, -0.2) is 0 Å². The summed E-state index contributed by atoms with van der Waals surface area (Å²) in [4.78, 5) is 10.9. The summed E-state index contributed by atoms with van der Waals surface area (Å²) in [6.07, 6.45) is 0.279. The van der Waals surface area contributed by atoms with Crippen molar-refractivity contribution in [2.75, 3.05) is 11.1 Å². The average Bonchev–Trinajstić information content (AvgIpc) is 2.08. The van der Waals surface area contributed by atoms with Gasteiger partial charge < -0.3 is 16.8 Å². The highest BCUT2D eigenvalue weighted by Crippen LogP contribution is 2.23. The maximum Gasteiger partial charge on any atom is 0.219 e. The van der Waals surface area contributed by atoms with Crippen LogP contribution in [0.2, 0.25) is 0 Å². The first-order valence-corrected chi connectivity index (χ1v) is 5.23. The third kappa shape index (κ3) is 3.46. The summed E-state index contributed by atoms with van der Waals surface area (Å²) in [6, 6.07) is 5.65. The van der Waals surface area contributed by atoms with Crippen molar-refractivity contribution in [2.45, 2.75) is 32.7 Å². The predicted octanol–water partition coefficient (Wildman–Crippen LogP) is 1.64. The lowest BCUT2D eigenvalue weighted by Gasteiger charge is -2.27. The first-order valence-electron chi connectivity index (χ1n) is 5.23. The molecule has 0 fully saturated rings. The summed E-state index contributed by atoms with van der Waals surface area (Å²) in [5.74, 6) is -0.320. The van der Waals surface area contributed by atoms with E-state index in [2.05, 4.69) is 5.32 Å². The second kappa shape index (κ2) is 4.43. The van der Waals surface area contributed by atoms with Crippen molar-refractivity contribution in [2.24, 2.45) is 5.73 Å². The molecule has 0 aliphatic heterocycles. The zero-order valence-corrected chi connectivity index (χ0v) is 10.0. The summed E-state index contributed by atoms with van der Waals surface area (Å²) < 4.78 is 0. The summed E-state index contributed by atoms with van der Waals surface area (Å²) >= 11 is 0. The highest BCUT2D eigenvalue weighted by Gasteiger charge is 2.20. The van der Waals surface area contributed by atoms with E-state index in [9.17, 15) is 4.79 Å². The fraction of sp³-hybridized carbons (Fsp3) is 0.417. The number of amides is 1. The maximum atomic E-state index is 10.9. The molecule has 0 unspecified atom stereocenters. The van der Waals surface area contributed by atoms with E-state index >= 15 is 0 Å². The van der Waals surface area contributed by atoms with Crippen molar-refractivity contribution in [3.8, 4) is 0 Å². The van der Waals surface area contributed by atoms with Crippen LogP contribution in [0.4, 0.5) is 11.4 Å². The lowest BCUT2D eigenvalue weighted by atomic mass is 9.99.